The number of benzene rings is 2. The first-order valence-electron chi connectivity index (χ1n) is 6.85. The predicted molar refractivity (Wildman–Crippen MR) is 87.1 cm³/mol. The number of hydrogen-bond acceptors (Lipinski definition) is 0. The molecule has 0 heterocycles. The molecule has 0 fully saturated rings. The van der Waals surface area contributed by atoms with E-state index in [1.807, 2.05) is 0 Å². The zero-order valence-corrected chi connectivity index (χ0v) is 13.3. The highest BCUT2D eigenvalue weighted by Crippen LogP contribution is 2.21. The van der Waals surface area contributed by atoms with Crippen molar-refractivity contribution < 1.29 is 0 Å². The fourth-order valence-corrected chi connectivity index (χ4v) is 3.05. The molecule has 0 aliphatic heterocycles. The SMILES string of the molecule is Cc1cccc(C)c1CC(CBr)Cc1ccccc1. The molecule has 0 aliphatic carbocycles. The quantitative estimate of drug-likeness (QED) is 0.673. The third kappa shape index (κ3) is 3.94. The van der Waals surface area contributed by atoms with Gasteiger partial charge in [0.25, 0.3) is 0 Å². The number of rotatable bonds is 5. The van der Waals surface area contributed by atoms with Gasteiger partial charge in [-0.25, -0.2) is 0 Å². The second-order valence-electron chi connectivity index (χ2n) is 5.28. The smallest absolute Gasteiger partial charge is 0.00660 e. The molecule has 100 valence electrons. The molecule has 0 aromatic heterocycles. The van der Waals surface area contributed by atoms with E-state index in [2.05, 4.69) is 78.3 Å². The van der Waals surface area contributed by atoms with Gasteiger partial charge >= 0.3 is 0 Å². The molecule has 2 rings (SSSR count). The Bertz CT molecular complexity index is 496. The van der Waals surface area contributed by atoms with E-state index in [4.69, 9.17) is 0 Å². The molecule has 0 saturated carbocycles. The molecule has 2 aromatic rings. The molecule has 1 unspecified atom stereocenters. The molecule has 0 aliphatic rings. The van der Waals surface area contributed by atoms with Crippen LogP contribution in [0.4, 0.5) is 0 Å². The fraction of sp³-hybridized carbons (Fsp3) is 0.333. The summed E-state index contributed by atoms with van der Waals surface area (Å²) in [4.78, 5) is 0. The molecule has 0 nitrogen and oxygen atoms in total. The summed E-state index contributed by atoms with van der Waals surface area (Å²) in [7, 11) is 0. The highest BCUT2D eigenvalue weighted by Gasteiger charge is 2.12. The van der Waals surface area contributed by atoms with Gasteiger partial charge in [0.15, 0.2) is 0 Å². The van der Waals surface area contributed by atoms with Gasteiger partial charge in [0.2, 0.25) is 0 Å². The Labute approximate surface area is 125 Å². The highest BCUT2D eigenvalue weighted by atomic mass is 79.9. The van der Waals surface area contributed by atoms with Crippen LogP contribution in [0.25, 0.3) is 0 Å². The van der Waals surface area contributed by atoms with Crippen LogP contribution < -0.4 is 0 Å². The Hall–Kier alpha value is -1.08. The second kappa shape index (κ2) is 6.91. The molecular weight excluding hydrogens is 296 g/mol. The summed E-state index contributed by atoms with van der Waals surface area (Å²) in [6, 6.07) is 17.4. The lowest BCUT2D eigenvalue weighted by atomic mass is 9.90. The van der Waals surface area contributed by atoms with E-state index in [1.165, 1.54) is 22.3 Å². The molecule has 1 atom stereocenters. The summed E-state index contributed by atoms with van der Waals surface area (Å²) < 4.78 is 0. The van der Waals surface area contributed by atoms with Crippen molar-refractivity contribution in [1.29, 1.82) is 0 Å². The first kappa shape index (κ1) is 14.3. The van der Waals surface area contributed by atoms with E-state index in [-0.39, 0.29) is 0 Å². The van der Waals surface area contributed by atoms with Gasteiger partial charge in [-0.3, -0.25) is 0 Å². The van der Waals surface area contributed by atoms with Crippen molar-refractivity contribution in [1.82, 2.24) is 0 Å². The van der Waals surface area contributed by atoms with E-state index >= 15 is 0 Å². The minimum atomic E-state index is 0.655. The van der Waals surface area contributed by atoms with Crippen LogP contribution in [-0.4, -0.2) is 5.33 Å². The zero-order valence-electron chi connectivity index (χ0n) is 11.7. The van der Waals surface area contributed by atoms with E-state index in [0.717, 1.165) is 18.2 Å². The van der Waals surface area contributed by atoms with Crippen LogP contribution in [0.2, 0.25) is 0 Å². The summed E-state index contributed by atoms with van der Waals surface area (Å²) in [5, 5.41) is 1.05. The molecule has 0 saturated heterocycles. The molecule has 2 aromatic carbocycles. The largest absolute Gasteiger partial charge is 0.0925 e. The van der Waals surface area contributed by atoms with Crippen molar-refractivity contribution in [3.05, 3.63) is 70.8 Å². The monoisotopic (exact) mass is 316 g/mol. The molecule has 19 heavy (non-hydrogen) atoms. The summed E-state index contributed by atoms with van der Waals surface area (Å²) >= 11 is 3.68. The summed E-state index contributed by atoms with van der Waals surface area (Å²) in [6.07, 6.45) is 2.29. The highest BCUT2D eigenvalue weighted by molar-refractivity contribution is 9.09. The predicted octanol–water partition coefficient (Wildman–Crippen LogP) is 5.10. The lowest BCUT2D eigenvalue weighted by Crippen LogP contribution is -2.11. The average molecular weight is 317 g/mol. The maximum atomic E-state index is 3.68. The molecule has 0 amide bonds. The Morgan fingerprint density at radius 2 is 1.47 bits per heavy atom. The van der Waals surface area contributed by atoms with E-state index < -0.39 is 0 Å². The van der Waals surface area contributed by atoms with E-state index in [0.29, 0.717) is 5.92 Å². The lowest BCUT2D eigenvalue weighted by Gasteiger charge is -2.17. The third-order valence-electron chi connectivity index (χ3n) is 3.72. The Morgan fingerprint density at radius 1 is 0.842 bits per heavy atom. The molecule has 0 radical (unpaired) electrons. The van der Waals surface area contributed by atoms with Crippen LogP contribution >= 0.6 is 15.9 Å². The Balaban J connectivity index is 2.11. The molecule has 1 heteroatoms. The normalized spacial score (nSPS) is 12.4. The number of alkyl halides is 1. The van der Waals surface area contributed by atoms with Gasteiger partial charge in [-0.1, -0.05) is 64.5 Å². The van der Waals surface area contributed by atoms with Crippen molar-refractivity contribution in [2.24, 2.45) is 5.92 Å². The fourth-order valence-electron chi connectivity index (χ4n) is 2.59. The number of hydrogen-bond donors (Lipinski definition) is 0. The summed E-state index contributed by atoms with van der Waals surface area (Å²) in [5.41, 5.74) is 5.78. The molecule has 0 N–H and O–H groups in total. The van der Waals surface area contributed by atoms with Gasteiger partial charge in [-0.15, -0.1) is 0 Å². The van der Waals surface area contributed by atoms with Crippen LogP contribution in [0.1, 0.15) is 22.3 Å². The van der Waals surface area contributed by atoms with Gasteiger partial charge < -0.3 is 0 Å². The average Bonchev–Trinajstić information content (AvgIpc) is 2.43. The van der Waals surface area contributed by atoms with Crippen molar-refractivity contribution >= 4 is 15.9 Å². The van der Waals surface area contributed by atoms with Gasteiger partial charge in [-0.05, 0) is 54.9 Å². The first-order valence-corrected chi connectivity index (χ1v) is 7.98. The Kier molecular flexibility index (Phi) is 5.21. The standard InChI is InChI=1S/C18H21Br/c1-14-7-6-8-15(2)18(14)12-17(13-19)11-16-9-4-3-5-10-16/h3-10,17H,11-13H2,1-2H3. The van der Waals surface area contributed by atoms with E-state index in [9.17, 15) is 0 Å². The lowest BCUT2D eigenvalue weighted by molar-refractivity contribution is 0.588. The van der Waals surface area contributed by atoms with Crippen molar-refractivity contribution in [2.75, 3.05) is 5.33 Å². The van der Waals surface area contributed by atoms with Gasteiger partial charge in [0.1, 0.15) is 0 Å². The van der Waals surface area contributed by atoms with Crippen molar-refractivity contribution in [2.45, 2.75) is 26.7 Å². The van der Waals surface area contributed by atoms with Gasteiger partial charge in [0, 0.05) is 5.33 Å². The van der Waals surface area contributed by atoms with Crippen LogP contribution in [0.5, 0.6) is 0 Å². The second-order valence-corrected chi connectivity index (χ2v) is 5.93. The van der Waals surface area contributed by atoms with E-state index in [1.54, 1.807) is 0 Å². The van der Waals surface area contributed by atoms with Crippen LogP contribution in [-0.2, 0) is 12.8 Å². The maximum Gasteiger partial charge on any atom is 0.00660 e. The van der Waals surface area contributed by atoms with Crippen LogP contribution in [0.15, 0.2) is 48.5 Å². The first-order chi connectivity index (χ1) is 9.20. The third-order valence-corrected chi connectivity index (χ3v) is 4.64. The summed E-state index contributed by atoms with van der Waals surface area (Å²) in [6.45, 7) is 4.44. The van der Waals surface area contributed by atoms with Crippen LogP contribution in [0, 0.1) is 19.8 Å². The van der Waals surface area contributed by atoms with Crippen LogP contribution in [0.3, 0.4) is 0 Å². The van der Waals surface area contributed by atoms with Gasteiger partial charge in [0.05, 0.1) is 0 Å². The number of aryl methyl sites for hydroxylation is 2. The maximum absolute atomic E-state index is 3.68. The molecule has 0 spiro atoms. The minimum Gasteiger partial charge on any atom is -0.0925 e. The minimum absolute atomic E-state index is 0.655. The zero-order chi connectivity index (χ0) is 13.7. The summed E-state index contributed by atoms with van der Waals surface area (Å²) in [5.74, 6) is 0.655. The van der Waals surface area contributed by atoms with Crippen molar-refractivity contribution in [3.63, 3.8) is 0 Å². The van der Waals surface area contributed by atoms with Crippen molar-refractivity contribution in [3.8, 4) is 0 Å². The molecular formula is C18H21Br. The number of halogens is 1. The Morgan fingerprint density at radius 3 is 2.05 bits per heavy atom. The van der Waals surface area contributed by atoms with Gasteiger partial charge in [-0.2, -0.15) is 0 Å². The molecule has 0 bridgehead atoms. The topological polar surface area (TPSA) is 0 Å².